The minimum absolute atomic E-state index is 0.170. The van der Waals surface area contributed by atoms with Crippen LogP contribution >= 0.6 is 0 Å². The van der Waals surface area contributed by atoms with Crippen molar-refractivity contribution < 1.29 is 13.2 Å². The highest BCUT2D eigenvalue weighted by atomic mass is 19.2. The molecule has 5 rings (SSSR count). The van der Waals surface area contributed by atoms with E-state index in [-0.39, 0.29) is 23.6 Å². The summed E-state index contributed by atoms with van der Waals surface area (Å²) in [6.45, 7) is 1.44. The number of hydrogen-bond donors (Lipinski definition) is 1. The van der Waals surface area contributed by atoms with Gasteiger partial charge in [0.25, 0.3) is 0 Å². The van der Waals surface area contributed by atoms with E-state index in [2.05, 4.69) is 20.0 Å². The van der Waals surface area contributed by atoms with Crippen molar-refractivity contribution in [1.82, 2.24) is 24.5 Å². The maximum atomic E-state index is 14.2. The van der Waals surface area contributed by atoms with E-state index in [1.807, 2.05) is 0 Å². The first kappa shape index (κ1) is 17.6. The predicted octanol–water partition coefficient (Wildman–Crippen LogP) is 2.52. The van der Waals surface area contributed by atoms with E-state index in [9.17, 15) is 13.2 Å². The Labute approximate surface area is 159 Å². The van der Waals surface area contributed by atoms with Gasteiger partial charge in [0, 0.05) is 42.7 Å². The average molecular weight is 388 g/mol. The van der Waals surface area contributed by atoms with Gasteiger partial charge in [-0.2, -0.15) is 5.10 Å². The molecule has 3 atom stereocenters. The van der Waals surface area contributed by atoms with Gasteiger partial charge in [-0.1, -0.05) is 0 Å². The van der Waals surface area contributed by atoms with Gasteiger partial charge in [0.2, 0.25) is 0 Å². The van der Waals surface area contributed by atoms with Crippen molar-refractivity contribution in [2.75, 3.05) is 0 Å². The highest BCUT2D eigenvalue weighted by molar-refractivity contribution is 5.50. The minimum Gasteiger partial charge on any atom is -0.327 e. The Morgan fingerprint density at radius 1 is 1.04 bits per heavy atom. The Bertz CT molecular complexity index is 1050. The van der Waals surface area contributed by atoms with Crippen LogP contribution in [0.3, 0.4) is 0 Å². The quantitative estimate of drug-likeness (QED) is 0.683. The van der Waals surface area contributed by atoms with Gasteiger partial charge in [0.1, 0.15) is 18.5 Å². The Hall–Kier alpha value is -2.52. The number of nitrogens with two attached hydrogens (primary N) is 1. The van der Waals surface area contributed by atoms with E-state index in [1.165, 1.54) is 6.33 Å². The standard InChI is InChI=1S/C19H19F3N6/c20-14-5-16(22)15(21)4-12(14)11-2-1-10(3-17(11)23)27-6-13-18(7-27)26-28-9-24-8-25-19(13)28/h4-5,8-11,17H,1-3,6-7,23H2/t10-,11?,17-/m0/s1. The SMILES string of the molecule is N[C@H]1C[C@@H](N2Cc3nn4cncnc4c3C2)CCC1c1cc(F)c(F)cc1F. The lowest BCUT2D eigenvalue weighted by molar-refractivity contribution is 0.136. The molecule has 3 heterocycles. The summed E-state index contributed by atoms with van der Waals surface area (Å²) in [6.07, 6.45) is 5.24. The summed E-state index contributed by atoms with van der Waals surface area (Å²) in [7, 11) is 0. The van der Waals surface area contributed by atoms with Gasteiger partial charge in [-0.25, -0.2) is 27.7 Å². The molecule has 3 aromatic rings. The van der Waals surface area contributed by atoms with Crippen LogP contribution in [-0.4, -0.2) is 36.6 Å². The van der Waals surface area contributed by atoms with Crippen molar-refractivity contribution in [2.45, 2.75) is 50.4 Å². The second-order valence-corrected chi connectivity index (χ2v) is 7.63. The van der Waals surface area contributed by atoms with E-state index in [0.717, 1.165) is 35.9 Å². The number of hydrogen-bond acceptors (Lipinski definition) is 5. The Kier molecular flexibility index (Phi) is 4.09. The van der Waals surface area contributed by atoms with Crippen LogP contribution in [0.15, 0.2) is 24.8 Å². The van der Waals surface area contributed by atoms with Crippen LogP contribution in [0.4, 0.5) is 13.2 Å². The third-order valence-electron chi connectivity index (χ3n) is 6.03. The molecule has 2 aliphatic rings. The largest absolute Gasteiger partial charge is 0.327 e. The summed E-state index contributed by atoms with van der Waals surface area (Å²) in [6, 6.07) is 1.47. The highest BCUT2D eigenvalue weighted by Crippen LogP contribution is 2.38. The Morgan fingerprint density at radius 3 is 2.68 bits per heavy atom. The number of fused-ring (bicyclic) bond motifs is 3. The first-order chi connectivity index (χ1) is 13.5. The average Bonchev–Trinajstić information content (AvgIpc) is 3.23. The summed E-state index contributed by atoms with van der Waals surface area (Å²) in [5.74, 6) is -3.26. The molecule has 9 heteroatoms. The van der Waals surface area contributed by atoms with Crippen molar-refractivity contribution in [3.05, 3.63) is 59.1 Å². The van der Waals surface area contributed by atoms with Gasteiger partial charge in [-0.3, -0.25) is 4.90 Å². The Balaban J connectivity index is 1.32. The van der Waals surface area contributed by atoms with E-state index in [0.29, 0.717) is 25.5 Å². The lowest BCUT2D eigenvalue weighted by Gasteiger charge is -2.38. The van der Waals surface area contributed by atoms with Crippen LogP contribution < -0.4 is 5.73 Å². The number of benzene rings is 1. The van der Waals surface area contributed by atoms with E-state index in [1.54, 1.807) is 10.8 Å². The monoisotopic (exact) mass is 388 g/mol. The third-order valence-corrected chi connectivity index (χ3v) is 6.03. The molecule has 0 radical (unpaired) electrons. The van der Waals surface area contributed by atoms with Crippen molar-refractivity contribution in [3.63, 3.8) is 0 Å². The van der Waals surface area contributed by atoms with Crippen LogP contribution in [0, 0.1) is 17.5 Å². The second-order valence-electron chi connectivity index (χ2n) is 7.63. The molecule has 1 aromatic carbocycles. The van der Waals surface area contributed by atoms with Gasteiger partial charge in [-0.15, -0.1) is 0 Å². The third kappa shape index (κ3) is 2.77. The topological polar surface area (TPSA) is 72.3 Å². The van der Waals surface area contributed by atoms with Crippen molar-refractivity contribution >= 4 is 5.65 Å². The van der Waals surface area contributed by atoms with Gasteiger partial charge < -0.3 is 5.73 Å². The molecule has 1 saturated carbocycles. The first-order valence-corrected chi connectivity index (χ1v) is 9.31. The number of halogens is 3. The lowest BCUT2D eigenvalue weighted by atomic mass is 9.77. The molecular formula is C19H19F3N6. The second kappa shape index (κ2) is 6.52. The minimum atomic E-state index is -1.17. The van der Waals surface area contributed by atoms with Crippen LogP contribution in [-0.2, 0) is 13.1 Å². The summed E-state index contributed by atoms with van der Waals surface area (Å²) < 4.78 is 42.7. The van der Waals surface area contributed by atoms with Crippen molar-refractivity contribution in [1.29, 1.82) is 0 Å². The van der Waals surface area contributed by atoms with Crippen molar-refractivity contribution in [2.24, 2.45) is 5.73 Å². The maximum absolute atomic E-state index is 14.2. The molecular weight excluding hydrogens is 369 g/mol. The van der Waals surface area contributed by atoms with Gasteiger partial charge in [-0.05, 0) is 30.9 Å². The molecule has 146 valence electrons. The zero-order valence-electron chi connectivity index (χ0n) is 15.0. The zero-order chi connectivity index (χ0) is 19.4. The molecule has 1 aliphatic heterocycles. The molecule has 2 aromatic heterocycles. The fourth-order valence-corrected chi connectivity index (χ4v) is 4.62. The van der Waals surface area contributed by atoms with E-state index >= 15 is 0 Å². The van der Waals surface area contributed by atoms with Crippen LogP contribution in [0.2, 0.25) is 0 Å². The van der Waals surface area contributed by atoms with Gasteiger partial charge in [0.05, 0.1) is 5.69 Å². The summed E-state index contributed by atoms with van der Waals surface area (Å²) in [5.41, 5.74) is 9.42. The number of rotatable bonds is 2. The normalized spacial score (nSPS) is 25.4. The van der Waals surface area contributed by atoms with Crippen LogP contribution in [0.5, 0.6) is 0 Å². The summed E-state index contributed by atoms with van der Waals surface area (Å²) >= 11 is 0. The predicted molar refractivity (Wildman–Crippen MR) is 94.7 cm³/mol. The highest BCUT2D eigenvalue weighted by Gasteiger charge is 2.37. The molecule has 1 aliphatic carbocycles. The van der Waals surface area contributed by atoms with Gasteiger partial charge >= 0.3 is 0 Å². The molecule has 0 bridgehead atoms. The van der Waals surface area contributed by atoms with E-state index in [4.69, 9.17) is 5.73 Å². The van der Waals surface area contributed by atoms with Crippen LogP contribution in [0.1, 0.15) is 42.0 Å². The number of nitrogens with zero attached hydrogens (tertiary/aromatic N) is 5. The molecule has 28 heavy (non-hydrogen) atoms. The summed E-state index contributed by atoms with van der Waals surface area (Å²) in [4.78, 5) is 10.6. The molecule has 2 N–H and O–H groups in total. The fraction of sp³-hybridized carbons (Fsp3) is 0.421. The maximum Gasteiger partial charge on any atom is 0.163 e. The molecule has 6 nitrogen and oxygen atoms in total. The van der Waals surface area contributed by atoms with Crippen molar-refractivity contribution in [3.8, 4) is 0 Å². The fourth-order valence-electron chi connectivity index (χ4n) is 4.62. The zero-order valence-corrected chi connectivity index (χ0v) is 15.0. The molecule has 0 saturated heterocycles. The molecule has 1 unspecified atom stereocenters. The molecule has 0 spiro atoms. The number of aromatic nitrogens is 4. The van der Waals surface area contributed by atoms with Crippen LogP contribution in [0.25, 0.3) is 5.65 Å². The smallest absolute Gasteiger partial charge is 0.163 e. The molecule has 0 amide bonds. The summed E-state index contributed by atoms with van der Waals surface area (Å²) in [5, 5.41) is 4.54. The lowest BCUT2D eigenvalue weighted by Crippen LogP contribution is -2.44. The Morgan fingerprint density at radius 2 is 1.86 bits per heavy atom. The molecule has 1 fully saturated rings. The first-order valence-electron chi connectivity index (χ1n) is 9.31. The van der Waals surface area contributed by atoms with Gasteiger partial charge in [0.15, 0.2) is 17.3 Å². The van der Waals surface area contributed by atoms with E-state index < -0.39 is 17.5 Å².